The summed E-state index contributed by atoms with van der Waals surface area (Å²) < 4.78 is 25.9. The number of halogens is 2. The normalized spacial score (nSPS) is 18.3. The molecule has 2 aromatic rings. The fourth-order valence-corrected chi connectivity index (χ4v) is 3.50. The molecule has 21 heavy (non-hydrogen) atoms. The lowest BCUT2D eigenvalue weighted by atomic mass is 10.1. The Bertz CT molecular complexity index is 642. The highest BCUT2D eigenvalue weighted by Crippen LogP contribution is 2.39. The highest BCUT2D eigenvalue weighted by molar-refractivity contribution is 8.00. The molecule has 0 bridgehead atoms. The van der Waals surface area contributed by atoms with E-state index in [0.29, 0.717) is 12.3 Å². The first-order chi connectivity index (χ1) is 10.1. The Morgan fingerprint density at radius 3 is 2.19 bits per heavy atom. The molecule has 1 atom stereocenters. The van der Waals surface area contributed by atoms with Crippen LogP contribution in [0.2, 0.25) is 0 Å². The molecule has 108 valence electrons. The van der Waals surface area contributed by atoms with E-state index in [2.05, 4.69) is 0 Å². The number of nitrogens with zero attached hydrogens (tertiary/aromatic N) is 1. The van der Waals surface area contributed by atoms with Crippen LogP contribution in [0.25, 0.3) is 0 Å². The van der Waals surface area contributed by atoms with Crippen LogP contribution in [0, 0.1) is 11.6 Å². The lowest BCUT2D eigenvalue weighted by Gasteiger charge is -2.24. The highest BCUT2D eigenvalue weighted by atomic mass is 32.2. The summed E-state index contributed by atoms with van der Waals surface area (Å²) in [5, 5.41) is -0.122. The Morgan fingerprint density at radius 2 is 1.57 bits per heavy atom. The van der Waals surface area contributed by atoms with E-state index in [1.54, 1.807) is 29.2 Å². The standard InChI is InChI=1S/C16H13F2NOS/c17-13-5-1-11(2-6-13)9-19-15(20)10-21-16(19)12-3-7-14(18)8-4-12/h1-8,16H,9-10H2. The summed E-state index contributed by atoms with van der Waals surface area (Å²) in [5.41, 5.74) is 1.77. The lowest BCUT2D eigenvalue weighted by Crippen LogP contribution is -2.27. The van der Waals surface area contributed by atoms with E-state index >= 15 is 0 Å². The number of carbonyl (C=O) groups is 1. The van der Waals surface area contributed by atoms with Crippen LogP contribution < -0.4 is 0 Å². The minimum Gasteiger partial charge on any atom is -0.322 e. The Kier molecular flexibility index (Phi) is 3.92. The fourth-order valence-electron chi connectivity index (χ4n) is 2.32. The molecular formula is C16H13F2NOS. The molecule has 3 rings (SSSR count). The molecule has 2 nitrogen and oxygen atoms in total. The molecule has 1 aliphatic rings. The molecule has 1 unspecified atom stereocenters. The first-order valence-electron chi connectivity index (χ1n) is 6.54. The molecule has 1 fully saturated rings. The Labute approximate surface area is 125 Å². The van der Waals surface area contributed by atoms with Crippen LogP contribution in [0.15, 0.2) is 48.5 Å². The molecule has 0 radical (unpaired) electrons. The van der Waals surface area contributed by atoms with Crippen LogP contribution in [0.1, 0.15) is 16.5 Å². The van der Waals surface area contributed by atoms with Gasteiger partial charge in [-0.3, -0.25) is 4.79 Å². The van der Waals surface area contributed by atoms with Gasteiger partial charge in [0, 0.05) is 6.54 Å². The van der Waals surface area contributed by atoms with Crippen molar-refractivity contribution in [2.75, 3.05) is 5.75 Å². The molecule has 1 heterocycles. The van der Waals surface area contributed by atoms with E-state index in [4.69, 9.17) is 0 Å². The van der Waals surface area contributed by atoms with Crippen molar-refractivity contribution in [1.82, 2.24) is 4.90 Å². The van der Waals surface area contributed by atoms with Gasteiger partial charge in [0.15, 0.2) is 0 Å². The summed E-state index contributed by atoms with van der Waals surface area (Å²) in [6.45, 7) is 0.425. The smallest absolute Gasteiger partial charge is 0.234 e. The van der Waals surface area contributed by atoms with Gasteiger partial charge in [0.25, 0.3) is 0 Å². The second-order valence-electron chi connectivity index (χ2n) is 4.86. The molecular weight excluding hydrogens is 292 g/mol. The Hall–Kier alpha value is -1.88. The van der Waals surface area contributed by atoms with Crippen molar-refractivity contribution in [3.05, 3.63) is 71.3 Å². The number of carbonyl (C=O) groups excluding carboxylic acids is 1. The van der Waals surface area contributed by atoms with Gasteiger partial charge in [0.1, 0.15) is 17.0 Å². The molecule has 1 saturated heterocycles. The van der Waals surface area contributed by atoms with Gasteiger partial charge in [0.05, 0.1) is 5.75 Å². The first kappa shape index (κ1) is 14.1. The van der Waals surface area contributed by atoms with E-state index in [9.17, 15) is 13.6 Å². The number of benzene rings is 2. The summed E-state index contributed by atoms with van der Waals surface area (Å²) in [4.78, 5) is 13.8. The third kappa shape index (κ3) is 3.08. The average Bonchev–Trinajstić information content (AvgIpc) is 2.84. The maximum atomic E-state index is 13.0. The SMILES string of the molecule is O=C1CSC(c2ccc(F)cc2)N1Cc1ccc(F)cc1. The summed E-state index contributed by atoms with van der Waals surface area (Å²) in [6, 6.07) is 12.3. The van der Waals surface area contributed by atoms with Gasteiger partial charge in [-0.15, -0.1) is 11.8 Å². The van der Waals surface area contributed by atoms with Crippen LogP contribution >= 0.6 is 11.8 Å². The topological polar surface area (TPSA) is 20.3 Å². The zero-order chi connectivity index (χ0) is 14.8. The maximum absolute atomic E-state index is 13.0. The molecule has 5 heteroatoms. The van der Waals surface area contributed by atoms with Gasteiger partial charge >= 0.3 is 0 Å². The van der Waals surface area contributed by atoms with Gasteiger partial charge in [-0.25, -0.2) is 8.78 Å². The predicted molar refractivity (Wildman–Crippen MR) is 78.5 cm³/mol. The van der Waals surface area contributed by atoms with Crippen molar-refractivity contribution in [2.24, 2.45) is 0 Å². The summed E-state index contributed by atoms with van der Waals surface area (Å²) in [7, 11) is 0. The summed E-state index contributed by atoms with van der Waals surface area (Å²) >= 11 is 1.52. The number of amides is 1. The zero-order valence-corrected chi connectivity index (χ0v) is 11.9. The number of rotatable bonds is 3. The van der Waals surface area contributed by atoms with E-state index in [0.717, 1.165) is 11.1 Å². The van der Waals surface area contributed by atoms with Crippen molar-refractivity contribution in [3.8, 4) is 0 Å². The van der Waals surface area contributed by atoms with Crippen LogP contribution in [-0.4, -0.2) is 16.6 Å². The van der Waals surface area contributed by atoms with Crippen molar-refractivity contribution in [1.29, 1.82) is 0 Å². The minimum atomic E-state index is -0.295. The molecule has 0 aliphatic carbocycles. The van der Waals surface area contributed by atoms with Gasteiger partial charge in [-0.1, -0.05) is 24.3 Å². The number of hydrogen-bond acceptors (Lipinski definition) is 2. The van der Waals surface area contributed by atoms with Crippen LogP contribution in [0.5, 0.6) is 0 Å². The monoisotopic (exact) mass is 305 g/mol. The quantitative estimate of drug-likeness (QED) is 0.861. The van der Waals surface area contributed by atoms with Crippen LogP contribution in [-0.2, 0) is 11.3 Å². The van der Waals surface area contributed by atoms with E-state index < -0.39 is 0 Å². The van der Waals surface area contributed by atoms with Gasteiger partial charge in [-0.05, 0) is 35.4 Å². The lowest BCUT2D eigenvalue weighted by molar-refractivity contribution is -0.128. The molecule has 0 spiro atoms. The van der Waals surface area contributed by atoms with Crippen molar-refractivity contribution >= 4 is 17.7 Å². The van der Waals surface area contributed by atoms with Gasteiger partial charge in [0.2, 0.25) is 5.91 Å². The summed E-state index contributed by atoms with van der Waals surface area (Å²) in [6.07, 6.45) is 0. The Balaban J connectivity index is 1.82. The van der Waals surface area contributed by atoms with Crippen LogP contribution in [0.3, 0.4) is 0 Å². The predicted octanol–water partition coefficient (Wildman–Crippen LogP) is 3.74. The molecule has 1 amide bonds. The first-order valence-corrected chi connectivity index (χ1v) is 7.59. The molecule has 0 aromatic heterocycles. The number of hydrogen-bond donors (Lipinski definition) is 0. The molecule has 0 N–H and O–H groups in total. The molecule has 2 aromatic carbocycles. The third-order valence-electron chi connectivity index (χ3n) is 3.39. The molecule has 1 aliphatic heterocycles. The zero-order valence-electron chi connectivity index (χ0n) is 11.1. The summed E-state index contributed by atoms with van der Waals surface area (Å²) in [5.74, 6) is -0.142. The van der Waals surface area contributed by atoms with Crippen molar-refractivity contribution in [3.63, 3.8) is 0 Å². The van der Waals surface area contributed by atoms with Crippen molar-refractivity contribution < 1.29 is 13.6 Å². The largest absolute Gasteiger partial charge is 0.322 e. The second kappa shape index (κ2) is 5.85. The van der Waals surface area contributed by atoms with Gasteiger partial charge in [-0.2, -0.15) is 0 Å². The maximum Gasteiger partial charge on any atom is 0.234 e. The van der Waals surface area contributed by atoms with E-state index in [-0.39, 0.29) is 22.9 Å². The van der Waals surface area contributed by atoms with E-state index in [1.165, 1.54) is 36.0 Å². The van der Waals surface area contributed by atoms with Crippen molar-refractivity contribution in [2.45, 2.75) is 11.9 Å². The average molecular weight is 305 g/mol. The highest BCUT2D eigenvalue weighted by Gasteiger charge is 2.32. The van der Waals surface area contributed by atoms with E-state index in [1.807, 2.05) is 0 Å². The fraction of sp³-hybridized carbons (Fsp3) is 0.188. The molecule has 0 saturated carbocycles. The third-order valence-corrected chi connectivity index (χ3v) is 4.65. The number of thioether (sulfide) groups is 1. The Morgan fingerprint density at radius 1 is 1.00 bits per heavy atom. The minimum absolute atomic E-state index is 0.0404. The van der Waals surface area contributed by atoms with Gasteiger partial charge < -0.3 is 4.90 Å². The van der Waals surface area contributed by atoms with Crippen LogP contribution in [0.4, 0.5) is 8.78 Å². The second-order valence-corrected chi connectivity index (χ2v) is 5.93.